The lowest BCUT2D eigenvalue weighted by molar-refractivity contribution is -0.123. The molecule has 0 saturated heterocycles. The van der Waals surface area contributed by atoms with Crippen LogP contribution < -0.4 is 11.1 Å². The van der Waals surface area contributed by atoms with Gasteiger partial charge in [-0.3, -0.25) is 4.79 Å². The average Bonchev–Trinajstić information content (AvgIpc) is 2.25. The summed E-state index contributed by atoms with van der Waals surface area (Å²) in [4.78, 5) is 11.8. The van der Waals surface area contributed by atoms with Gasteiger partial charge in [-0.05, 0) is 25.2 Å². The highest BCUT2D eigenvalue weighted by Gasteiger charge is 2.22. The third-order valence-corrected chi connectivity index (χ3v) is 3.49. The minimum atomic E-state index is -0.308. The molecule has 3 unspecified atom stereocenters. The minimum absolute atomic E-state index is 0.0487. The Labute approximate surface area is 99.2 Å². The first-order valence-electron chi connectivity index (χ1n) is 6.69. The quantitative estimate of drug-likeness (QED) is 0.755. The van der Waals surface area contributed by atoms with Crippen LogP contribution in [0.3, 0.4) is 0 Å². The van der Waals surface area contributed by atoms with E-state index < -0.39 is 0 Å². The monoisotopic (exact) mass is 226 g/mol. The van der Waals surface area contributed by atoms with Gasteiger partial charge in [0, 0.05) is 6.04 Å². The maximum atomic E-state index is 11.8. The van der Waals surface area contributed by atoms with Gasteiger partial charge in [0.15, 0.2) is 0 Å². The van der Waals surface area contributed by atoms with Crippen LogP contribution >= 0.6 is 0 Å². The molecule has 1 rings (SSSR count). The van der Waals surface area contributed by atoms with Gasteiger partial charge in [0.05, 0.1) is 6.04 Å². The van der Waals surface area contributed by atoms with Crippen LogP contribution in [0, 0.1) is 5.92 Å². The molecule has 0 aromatic rings. The minimum Gasteiger partial charge on any atom is -0.352 e. The van der Waals surface area contributed by atoms with E-state index in [1.807, 2.05) is 0 Å². The second-order valence-electron chi connectivity index (χ2n) is 5.23. The van der Waals surface area contributed by atoms with Crippen LogP contribution in [0.2, 0.25) is 0 Å². The van der Waals surface area contributed by atoms with Crippen molar-refractivity contribution in [3.8, 4) is 0 Å². The summed E-state index contributed by atoms with van der Waals surface area (Å²) in [5.74, 6) is 0.790. The normalized spacial score (nSPS) is 27.4. The SMILES string of the molecule is CCCCC(N)C(=O)NC1CCCC(C)C1. The van der Waals surface area contributed by atoms with E-state index in [0.717, 1.165) is 38.0 Å². The molecule has 0 aromatic carbocycles. The van der Waals surface area contributed by atoms with Crippen LogP contribution in [-0.4, -0.2) is 18.0 Å². The van der Waals surface area contributed by atoms with Crippen LogP contribution in [0.15, 0.2) is 0 Å². The summed E-state index contributed by atoms with van der Waals surface area (Å²) in [5, 5.41) is 3.09. The first-order chi connectivity index (χ1) is 7.63. The van der Waals surface area contributed by atoms with E-state index in [9.17, 15) is 4.79 Å². The Morgan fingerprint density at radius 3 is 2.88 bits per heavy atom. The topological polar surface area (TPSA) is 55.1 Å². The van der Waals surface area contributed by atoms with Crippen LogP contribution in [-0.2, 0) is 4.79 Å². The molecular formula is C13H26N2O. The molecule has 0 spiro atoms. The van der Waals surface area contributed by atoms with Gasteiger partial charge in [0.25, 0.3) is 0 Å². The predicted molar refractivity (Wildman–Crippen MR) is 67.1 cm³/mol. The van der Waals surface area contributed by atoms with E-state index in [4.69, 9.17) is 5.73 Å². The van der Waals surface area contributed by atoms with Crippen LogP contribution in [0.5, 0.6) is 0 Å². The van der Waals surface area contributed by atoms with Gasteiger partial charge in [0.2, 0.25) is 5.91 Å². The van der Waals surface area contributed by atoms with Crippen LogP contribution in [0.25, 0.3) is 0 Å². The maximum absolute atomic E-state index is 11.8. The Hall–Kier alpha value is -0.570. The Balaban J connectivity index is 2.26. The number of unbranched alkanes of at least 4 members (excludes halogenated alkanes) is 1. The van der Waals surface area contributed by atoms with Crippen molar-refractivity contribution in [2.45, 2.75) is 70.9 Å². The third-order valence-electron chi connectivity index (χ3n) is 3.49. The molecule has 3 N–H and O–H groups in total. The van der Waals surface area contributed by atoms with Gasteiger partial charge in [-0.2, -0.15) is 0 Å². The fourth-order valence-corrected chi connectivity index (χ4v) is 2.43. The number of carbonyl (C=O) groups excluding carboxylic acids is 1. The maximum Gasteiger partial charge on any atom is 0.237 e. The molecule has 3 atom stereocenters. The number of hydrogen-bond donors (Lipinski definition) is 2. The smallest absolute Gasteiger partial charge is 0.237 e. The van der Waals surface area contributed by atoms with Gasteiger partial charge in [-0.1, -0.05) is 39.5 Å². The zero-order chi connectivity index (χ0) is 12.0. The molecule has 1 aliphatic rings. The molecule has 0 aromatic heterocycles. The van der Waals surface area contributed by atoms with E-state index in [0.29, 0.717) is 6.04 Å². The summed E-state index contributed by atoms with van der Waals surface area (Å²) in [6.07, 6.45) is 7.72. The van der Waals surface area contributed by atoms with Crippen molar-refractivity contribution < 1.29 is 4.79 Å². The van der Waals surface area contributed by atoms with E-state index in [2.05, 4.69) is 19.2 Å². The first kappa shape index (κ1) is 13.5. The number of hydrogen-bond acceptors (Lipinski definition) is 2. The molecule has 1 amide bonds. The van der Waals surface area contributed by atoms with Crippen molar-refractivity contribution in [3.05, 3.63) is 0 Å². The van der Waals surface area contributed by atoms with Crippen molar-refractivity contribution in [2.75, 3.05) is 0 Å². The molecule has 1 saturated carbocycles. The van der Waals surface area contributed by atoms with Gasteiger partial charge < -0.3 is 11.1 Å². The zero-order valence-corrected chi connectivity index (χ0v) is 10.7. The second-order valence-corrected chi connectivity index (χ2v) is 5.23. The molecule has 0 radical (unpaired) electrons. The summed E-state index contributed by atoms with van der Waals surface area (Å²) in [6, 6.07) is 0.0566. The number of amides is 1. The molecular weight excluding hydrogens is 200 g/mol. The van der Waals surface area contributed by atoms with Gasteiger partial charge in [-0.25, -0.2) is 0 Å². The Morgan fingerprint density at radius 1 is 1.50 bits per heavy atom. The highest BCUT2D eigenvalue weighted by molar-refractivity contribution is 5.81. The fourth-order valence-electron chi connectivity index (χ4n) is 2.43. The lowest BCUT2D eigenvalue weighted by Gasteiger charge is -2.28. The Bertz CT molecular complexity index is 218. The number of carbonyl (C=O) groups is 1. The molecule has 0 bridgehead atoms. The highest BCUT2D eigenvalue weighted by atomic mass is 16.2. The zero-order valence-electron chi connectivity index (χ0n) is 10.7. The van der Waals surface area contributed by atoms with Gasteiger partial charge >= 0.3 is 0 Å². The van der Waals surface area contributed by atoms with E-state index in [-0.39, 0.29) is 11.9 Å². The van der Waals surface area contributed by atoms with Gasteiger partial charge in [0.1, 0.15) is 0 Å². The first-order valence-corrected chi connectivity index (χ1v) is 6.69. The molecule has 0 heterocycles. The van der Waals surface area contributed by atoms with Crippen LogP contribution in [0.1, 0.15) is 58.8 Å². The summed E-state index contributed by atoms with van der Waals surface area (Å²) in [5.41, 5.74) is 5.84. The van der Waals surface area contributed by atoms with Crippen molar-refractivity contribution in [2.24, 2.45) is 11.7 Å². The predicted octanol–water partition coefficient (Wildman–Crippen LogP) is 2.20. The lowest BCUT2D eigenvalue weighted by Crippen LogP contribution is -2.46. The molecule has 3 nitrogen and oxygen atoms in total. The number of nitrogens with two attached hydrogens (primary N) is 1. The molecule has 1 aliphatic carbocycles. The van der Waals surface area contributed by atoms with Crippen LogP contribution in [0.4, 0.5) is 0 Å². The highest BCUT2D eigenvalue weighted by Crippen LogP contribution is 2.23. The largest absolute Gasteiger partial charge is 0.352 e. The van der Waals surface area contributed by atoms with Crippen molar-refractivity contribution in [1.82, 2.24) is 5.32 Å². The average molecular weight is 226 g/mol. The summed E-state index contributed by atoms with van der Waals surface area (Å²) in [7, 11) is 0. The summed E-state index contributed by atoms with van der Waals surface area (Å²) >= 11 is 0. The molecule has 0 aliphatic heterocycles. The van der Waals surface area contributed by atoms with E-state index in [1.54, 1.807) is 0 Å². The molecule has 94 valence electrons. The van der Waals surface area contributed by atoms with Gasteiger partial charge in [-0.15, -0.1) is 0 Å². The van der Waals surface area contributed by atoms with Crippen molar-refractivity contribution in [3.63, 3.8) is 0 Å². The van der Waals surface area contributed by atoms with E-state index >= 15 is 0 Å². The molecule has 3 heteroatoms. The van der Waals surface area contributed by atoms with Crippen molar-refractivity contribution in [1.29, 1.82) is 0 Å². The van der Waals surface area contributed by atoms with E-state index in [1.165, 1.54) is 12.8 Å². The molecule has 1 fully saturated rings. The third kappa shape index (κ3) is 4.52. The lowest BCUT2D eigenvalue weighted by atomic mass is 9.87. The summed E-state index contributed by atoms with van der Waals surface area (Å²) < 4.78 is 0. The Kier molecular flexibility index (Phi) is 5.81. The number of rotatable bonds is 5. The van der Waals surface area contributed by atoms with Crippen molar-refractivity contribution >= 4 is 5.91 Å². The standard InChI is InChI=1S/C13H26N2O/c1-3-4-8-12(14)13(16)15-11-7-5-6-10(2)9-11/h10-12H,3-9,14H2,1-2H3,(H,15,16). The molecule has 16 heavy (non-hydrogen) atoms. The summed E-state index contributed by atoms with van der Waals surface area (Å²) in [6.45, 7) is 4.38. The number of nitrogens with one attached hydrogen (secondary N) is 1. The Morgan fingerprint density at radius 2 is 2.25 bits per heavy atom. The fraction of sp³-hybridized carbons (Fsp3) is 0.923. The second kappa shape index (κ2) is 6.89.